The van der Waals surface area contributed by atoms with Gasteiger partial charge >= 0.3 is 11.8 Å². The van der Waals surface area contributed by atoms with Crippen LogP contribution in [0.2, 0.25) is 0 Å². The fourth-order valence-electron chi connectivity index (χ4n) is 0.496. The molecule has 0 saturated carbocycles. The average Bonchev–Trinajstić information content (AvgIpc) is 2.13. The van der Waals surface area contributed by atoms with Gasteiger partial charge in [0.2, 0.25) is 0 Å². The lowest BCUT2D eigenvalue weighted by molar-refractivity contribution is -0.136. The highest BCUT2D eigenvalue weighted by molar-refractivity contribution is 5.69. The van der Waals surface area contributed by atoms with Crippen LogP contribution in [0.5, 0.6) is 0 Å². The van der Waals surface area contributed by atoms with E-state index in [9.17, 15) is 9.59 Å². The molecular weight excluding hydrogens is 140 g/mol. The van der Waals surface area contributed by atoms with Crippen molar-refractivity contribution in [3.8, 4) is 0 Å². The van der Waals surface area contributed by atoms with Crippen molar-refractivity contribution in [3.63, 3.8) is 0 Å². The molecule has 0 bridgehead atoms. The number of carbonyl (C=O) groups is 1. The Hall–Kier alpha value is -1.52. The predicted molar refractivity (Wildman–Crippen MR) is 28.6 cm³/mol. The summed E-state index contributed by atoms with van der Waals surface area (Å²) in [6.45, 7) is 0. The molecule has 0 saturated heterocycles. The van der Waals surface area contributed by atoms with Gasteiger partial charge < -0.3 is 13.9 Å². The van der Waals surface area contributed by atoms with E-state index in [0.717, 1.165) is 6.26 Å². The van der Waals surface area contributed by atoms with Gasteiger partial charge in [0.15, 0.2) is 5.76 Å². The van der Waals surface area contributed by atoms with Gasteiger partial charge in [-0.2, -0.15) is 0 Å². The minimum atomic E-state index is -1.07. The Balaban J connectivity index is 2.76. The zero-order valence-corrected chi connectivity index (χ0v) is 4.86. The molecule has 0 aliphatic rings. The van der Waals surface area contributed by atoms with Crippen molar-refractivity contribution in [1.82, 2.24) is 0 Å². The summed E-state index contributed by atoms with van der Waals surface area (Å²) in [6, 6.07) is 0. The first-order valence-corrected chi connectivity index (χ1v) is 2.48. The third kappa shape index (κ3) is 1.48. The molecule has 0 fully saturated rings. The Morgan fingerprint density at radius 1 is 1.70 bits per heavy atom. The van der Waals surface area contributed by atoms with E-state index >= 15 is 0 Å². The van der Waals surface area contributed by atoms with E-state index in [-0.39, 0.29) is 12.2 Å². The highest BCUT2D eigenvalue weighted by Gasteiger charge is 2.05. The van der Waals surface area contributed by atoms with E-state index in [1.807, 2.05) is 0 Å². The Labute approximate surface area is 54.9 Å². The fourth-order valence-corrected chi connectivity index (χ4v) is 0.496. The van der Waals surface area contributed by atoms with Crippen LogP contribution in [0.4, 0.5) is 0 Å². The third-order valence-corrected chi connectivity index (χ3v) is 0.826. The molecule has 0 aliphatic carbocycles. The molecule has 0 amide bonds. The zero-order chi connectivity index (χ0) is 7.56. The molecule has 0 unspecified atom stereocenters. The molecule has 0 aliphatic heterocycles. The summed E-state index contributed by atoms with van der Waals surface area (Å²) in [5.74, 6) is -1.92. The first-order valence-electron chi connectivity index (χ1n) is 2.48. The summed E-state index contributed by atoms with van der Waals surface area (Å²) in [4.78, 5) is 20.1. The van der Waals surface area contributed by atoms with Crippen LogP contribution in [0.3, 0.4) is 0 Å². The second kappa shape index (κ2) is 2.38. The summed E-state index contributed by atoms with van der Waals surface area (Å²) in [5.41, 5.74) is 0. The zero-order valence-electron chi connectivity index (χ0n) is 4.86. The Morgan fingerprint density at radius 2 is 2.40 bits per heavy atom. The quantitative estimate of drug-likeness (QED) is 0.624. The van der Waals surface area contributed by atoms with Crippen LogP contribution in [0.25, 0.3) is 0 Å². The number of aliphatic carboxylic acids is 1. The molecule has 1 N–H and O–H groups in total. The number of hydrogen-bond donors (Lipinski definition) is 1. The Bertz CT molecular complexity index is 280. The molecule has 5 heteroatoms. The van der Waals surface area contributed by atoms with E-state index in [2.05, 4.69) is 8.83 Å². The van der Waals surface area contributed by atoms with Crippen LogP contribution in [0, 0.1) is 0 Å². The first-order chi connectivity index (χ1) is 4.68. The van der Waals surface area contributed by atoms with E-state index in [1.54, 1.807) is 0 Å². The van der Waals surface area contributed by atoms with Crippen molar-refractivity contribution in [1.29, 1.82) is 0 Å². The monoisotopic (exact) mass is 144 g/mol. The molecule has 0 atom stereocenters. The van der Waals surface area contributed by atoms with Crippen molar-refractivity contribution in [2.24, 2.45) is 0 Å². The van der Waals surface area contributed by atoms with Crippen LogP contribution in [0.15, 0.2) is 19.9 Å². The minimum absolute atomic E-state index is 0.0255. The molecule has 5 nitrogen and oxygen atoms in total. The molecule has 1 aromatic heterocycles. The van der Waals surface area contributed by atoms with E-state index in [0.29, 0.717) is 0 Å². The van der Waals surface area contributed by atoms with Gasteiger partial charge in [-0.15, -0.1) is 0 Å². The normalized spacial score (nSPS) is 9.60. The largest absolute Gasteiger partial charge is 0.518 e. The predicted octanol–water partition coefficient (Wildman–Crippen LogP) is -0.140. The SMILES string of the molecule is O=C(O)Cc1coc(=O)o1. The third-order valence-electron chi connectivity index (χ3n) is 0.826. The minimum Gasteiger partial charge on any atom is -0.481 e. The lowest BCUT2D eigenvalue weighted by Crippen LogP contribution is -1.98. The number of carboxylic acids is 1. The van der Waals surface area contributed by atoms with Crippen LogP contribution in [-0.4, -0.2) is 11.1 Å². The molecule has 54 valence electrons. The number of hydrogen-bond acceptors (Lipinski definition) is 4. The van der Waals surface area contributed by atoms with Gasteiger partial charge in [0.25, 0.3) is 0 Å². The van der Waals surface area contributed by atoms with Gasteiger partial charge in [0.05, 0.1) is 0 Å². The summed E-state index contributed by atoms with van der Waals surface area (Å²) in [6.07, 6.45) is 0.655. The standard InChI is InChI=1S/C5H4O5/c6-4(7)1-3-2-9-5(8)10-3/h2H,1H2,(H,6,7). The van der Waals surface area contributed by atoms with Gasteiger partial charge in [-0.3, -0.25) is 4.79 Å². The van der Waals surface area contributed by atoms with Crippen LogP contribution in [-0.2, 0) is 11.2 Å². The van der Waals surface area contributed by atoms with E-state index < -0.39 is 11.8 Å². The molecule has 0 radical (unpaired) electrons. The van der Waals surface area contributed by atoms with Crippen molar-refractivity contribution in [2.45, 2.75) is 6.42 Å². The average molecular weight is 144 g/mol. The van der Waals surface area contributed by atoms with Crippen LogP contribution < -0.4 is 5.82 Å². The number of rotatable bonds is 2. The lowest BCUT2D eigenvalue weighted by atomic mass is 10.4. The van der Waals surface area contributed by atoms with Crippen LogP contribution in [0.1, 0.15) is 5.76 Å². The second-order valence-electron chi connectivity index (χ2n) is 1.62. The summed E-state index contributed by atoms with van der Waals surface area (Å²) < 4.78 is 8.47. The van der Waals surface area contributed by atoms with Gasteiger partial charge in [-0.25, -0.2) is 4.79 Å². The summed E-state index contributed by atoms with van der Waals surface area (Å²) >= 11 is 0. The topological polar surface area (TPSA) is 80.6 Å². The Kier molecular flexibility index (Phi) is 1.57. The van der Waals surface area contributed by atoms with Gasteiger partial charge in [0, 0.05) is 0 Å². The molecular formula is C5H4O5. The highest BCUT2D eigenvalue weighted by atomic mass is 16.6. The summed E-state index contributed by atoms with van der Waals surface area (Å²) in [7, 11) is 0. The van der Waals surface area contributed by atoms with Gasteiger partial charge in [-0.1, -0.05) is 0 Å². The molecule has 1 heterocycles. The smallest absolute Gasteiger partial charge is 0.481 e. The highest BCUT2D eigenvalue weighted by Crippen LogP contribution is 1.95. The molecule has 0 spiro atoms. The Morgan fingerprint density at radius 3 is 2.80 bits per heavy atom. The lowest BCUT2D eigenvalue weighted by Gasteiger charge is -1.82. The fraction of sp³-hybridized carbons (Fsp3) is 0.200. The van der Waals surface area contributed by atoms with Gasteiger partial charge in [-0.05, 0) is 0 Å². The summed E-state index contributed by atoms with van der Waals surface area (Å²) in [5, 5.41) is 8.17. The molecule has 1 rings (SSSR count). The van der Waals surface area contributed by atoms with Crippen LogP contribution >= 0.6 is 0 Å². The number of carboxylic acid groups (broad SMARTS) is 1. The maximum Gasteiger partial charge on any atom is 0.518 e. The molecule has 1 aromatic rings. The molecule has 10 heavy (non-hydrogen) atoms. The van der Waals surface area contributed by atoms with Gasteiger partial charge in [0.1, 0.15) is 12.7 Å². The van der Waals surface area contributed by atoms with Crippen molar-refractivity contribution >= 4 is 5.97 Å². The van der Waals surface area contributed by atoms with E-state index in [1.165, 1.54) is 0 Å². The molecule has 0 aromatic carbocycles. The maximum atomic E-state index is 10.1. The maximum absolute atomic E-state index is 10.1. The van der Waals surface area contributed by atoms with Crippen molar-refractivity contribution in [2.75, 3.05) is 0 Å². The first kappa shape index (κ1) is 6.60. The second-order valence-corrected chi connectivity index (χ2v) is 1.62. The van der Waals surface area contributed by atoms with E-state index in [4.69, 9.17) is 5.11 Å². The van der Waals surface area contributed by atoms with Crippen molar-refractivity contribution < 1.29 is 18.7 Å². The van der Waals surface area contributed by atoms with Crippen molar-refractivity contribution in [3.05, 3.63) is 22.6 Å².